The standard InChI is InChI=1S/C21H25N3O7/c1-29-17-7-13(8-18(30-2)19(17)31-3)20(25)22-9-12-6-14(11-22)15-4-5-16(24(27)28)21(26)23(15)10-12/h4-5,7-8,12,14,24,27H,6,9-11H2,1-3H3. The van der Waals surface area contributed by atoms with Crippen molar-refractivity contribution >= 4 is 11.6 Å². The highest BCUT2D eigenvalue weighted by Crippen LogP contribution is 2.40. The van der Waals surface area contributed by atoms with Crippen molar-refractivity contribution in [2.24, 2.45) is 5.92 Å². The molecule has 1 saturated heterocycles. The Morgan fingerprint density at radius 2 is 1.77 bits per heavy atom. The molecule has 2 aliphatic heterocycles. The van der Waals surface area contributed by atoms with Crippen LogP contribution in [-0.2, 0) is 6.54 Å². The third kappa shape index (κ3) is 3.62. The number of pyridine rings is 1. The molecule has 2 aliphatic rings. The monoisotopic (exact) mass is 431 g/mol. The summed E-state index contributed by atoms with van der Waals surface area (Å²) in [7, 11) is 4.50. The minimum Gasteiger partial charge on any atom is -0.595 e. The predicted molar refractivity (Wildman–Crippen MR) is 109 cm³/mol. The molecule has 0 aliphatic carbocycles. The van der Waals surface area contributed by atoms with Gasteiger partial charge in [-0.2, -0.15) is 5.23 Å². The first-order valence-electron chi connectivity index (χ1n) is 9.94. The average molecular weight is 431 g/mol. The fourth-order valence-electron chi connectivity index (χ4n) is 4.66. The van der Waals surface area contributed by atoms with Gasteiger partial charge in [0.15, 0.2) is 11.5 Å². The molecule has 4 rings (SSSR count). The molecule has 1 fully saturated rings. The van der Waals surface area contributed by atoms with Crippen molar-refractivity contribution < 1.29 is 29.4 Å². The number of hydrogen-bond donors (Lipinski definition) is 2. The summed E-state index contributed by atoms with van der Waals surface area (Å²) in [6, 6.07) is 6.31. The molecule has 166 valence electrons. The first-order valence-corrected chi connectivity index (χ1v) is 9.94. The SMILES string of the molecule is COc1cc(C(=O)N2CC3CC(C2)c2ccc([NH+]([O-])O)c(=O)n2C3)cc(OC)c1OC. The minimum atomic E-state index is -1.23. The molecule has 0 radical (unpaired) electrons. The maximum atomic E-state index is 13.3. The van der Waals surface area contributed by atoms with Gasteiger partial charge in [-0.3, -0.25) is 9.59 Å². The van der Waals surface area contributed by atoms with Gasteiger partial charge in [0.05, 0.1) is 21.3 Å². The predicted octanol–water partition coefficient (Wildman–Crippen LogP) is 0.537. The number of nitrogens with zero attached hydrogens (tertiary/aromatic N) is 2. The van der Waals surface area contributed by atoms with E-state index in [1.165, 1.54) is 27.4 Å². The largest absolute Gasteiger partial charge is 0.595 e. The van der Waals surface area contributed by atoms with Gasteiger partial charge in [-0.05, 0) is 30.5 Å². The molecule has 1 aromatic heterocycles. The summed E-state index contributed by atoms with van der Waals surface area (Å²) >= 11 is 0. The highest BCUT2D eigenvalue weighted by atomic mass is 16.8. The normalized spacial score (nSPS) is 20.6. The molecule has 2 bridgehead atoms. The van der Waals surface area contributed by atoms with Gasteiger partial charge in [0.25, 0.3) is 5.91 Å². The minimum absolute atomic E-state index is 0.0333. The number of carbonyl (C=O) groups excluding carboxylic acids is 1. The van der Waals surface area contributed by atoms with Crippen molar-refractivity contribution in [3.63, 3.8) is 0 Å². The molecule has 3 unspecified atom stereocenters. The fraction of sp³-hybridized carbons (Fsp3) is 0.429. The Morgan fingerprint density at radius 3 is 2.35 bits per heavy atom. The van der Waals surface area contributed by atoms with Crippen LogP contribution < -0.4 is 25.0 Å². The lowest BCUT2D eigenvalue weighted by atomic mass is 9.83. The van der Waals surface area contributed by atoms with Gasteiger partial charge in [0.2, 0.25) is 11.4 Å². The molecule has 10 heteroatoms. The summed E-state index contributed by atoms with van der Waals surface area (Å²) < 4.78 is 17.6. The van der Waals surface area contributed by atoms with Crippen LogP contribution in [0.2, 0.25) is 0 Å². The van der Waals surface area contributed by atoms with E-state index in [1.807, 2.05) is 0 Å². The van der Waals surface area contributed by atoms with E-state index in [2.05, 4.69) is 0 Å². The Kier molecular flexibility index (Phi) is 5.61. The van der Waals surface area contributed by atoms with E-state index >= 15 is 0 Å². The van der Waals surface area contributed by atoms with Crippen molar-refractivity contribution in [1.29, 1.82) is 0 Å². The third-order valence-electron chi connectivity index (χ3n) is 6.03. The Bertz CT molecular complexity index is 1040. The van der Waals surface area contributed by atoms with Crippen LogP contribution in [0.5, 0.6) is 17.2 Å². The van der Waals surface area contributed by atoms with E-state index in [9.17, 15) is 20.0 Å². The number of piperidine rings is 1. The number of quaternary nitrogens is 1. The highest BCUT2D eigenvalue weighted by Gasteiger charge is 2.37. The maximum Gasteiger partial charge on any atom is 0.315 e. The number of nitrogens with one attached hydrogen (secondary N) is 1. The highest BCUT2D eigenvalue weighted by molar-refractivity contribution is 5.95. The fourth-order valence-corrected chi connectivity index (χ4v) is 4.66. The zero-order valence-electron chi connectivity index (χ0n) is 17.6. The summed E-state index contributed by atoms with van der Waals surface area (Å²) in [5, 5.41) is 19.3. The van der Waals surface area contributed by atoms with Gasteiger partial charge >= 0.3 is 5.56 Å². The second kappa shape index (κ2) is 8.22. The Hall–Kier alpha value is -3.08. The lowest BCUT2D eigenvalue weighted by Crippen LogP contribution is -3.00. The Labute approximate surface area is 178 Å². The molecular formula is C21H25N3O7. The molecule has 2 aromatic rings. The molecule has 1 amide bonds. The number of amides is 1. The summed E-state index contributed by atoms with van der Waals surface area (Å²) in [4.78, 5) is 27.7. The molecule has 3 heterocycles. The van der Waals surface area contributed by atoms with Gasteiger partial charge in [-0.1, -0.05) is 0 Å². The van der Waals surface area contributed by atoms with E-state index < -0.39 is 10.8 Å². The lowest BCUT2D eigenvalue weighted by molar-refractivity contribution is -0.992. The van der Waals surface area contributed by atoms with Gasteiger partial charge in [-0.15, -0.1) is 0 Å². The topological polar surface area (TPSA) is 118 Å². The molecule has 10 nitrogen and oxygen atoms in total. The van der Waals surface area contributed by atoms with Gasteiger partial charge < -0.3 is 28.9 Å². The van der Waals surface area contributed by atoms with Crippen LogP contribution in [0, 0.1) is 11.1 Å². The van der Waals surface area contributed by atoms with E-state index in [1.54, 1.807) is 27.7 Å². The van der Waals surface area contributed by atoms with E-state index in [0.29, 0.717) is 42.4 Å². The van der Waals surface area contributed by atoms with E-state index in [4.69, 9.17) is 14.2 Å². The maximum absolute atomic E-state index is 13.3. The van der Waals surface area contributed by atoms with Crippen molar-refractivity contribution in [1.82, 2.24) is 9.47 Å². The molecule has 1 aromatic carbocycles. The van der Waals surface area contributed by atoms with Crippen LogP contribution >= 0.6 is 0 Å². The number of rotatable bonds is 5. The van der Waals surface area contributed by atoms with Crippen LogP contribution in [0.15, 0.2) is 29.1 Å². The number of hydrogen-bond acceptors (Lipinski definition) is 7. The van der Waals surface area contributed by atoms with Crippen LogP contribution in [0.3, 0.4) is 0 Å². The number of methoxy groups -OCH3 is 3. The third-order valence-corrected chi connectivity index (χ3v) is 6.03. The second-order valence-electron chi connectivity index (χ2n) is 7.82. The summed E-state index contributed by atoms with van der Waals surface area (Å²) in [6.07, 6.45) is 0.852. The van der Waals surface area contributed by atoms with Gasteiger partial charge in [0, 0.05) is 42.9 Å². The van der Waals surface area contributed by atoms with Crippen LogP contribution in [-0.4, -0.2) is 55.0 Å². The molecule has 0 spiro atoms. The lowest BCUT2D eigenvalue weighted by Gasteiger charge is -2.42. The van der Waals surface area contributed by atoms with Crippen LogP contribution in [0.4, 0.5) is 5.69 Å². The number of likely N-dealkylation sites (tertiary alicyclic amines) is 1. The first-order chi connectivity index (χ1) is 14.9. The zero-order valence-corrected chi connectivity index (χ0v) is 17.6. The molecular weight excluding hydrogens is 406 g/mol. The number of carbonyl (C=O) groups is 1. The summed E-state index contributed by atoms with van der Waals surface area (Å²) in [5.74, 6) is 1.10. The first kappa shape index (κ1) is 21.2. The number of ether oxygens (including phenoxy) is 3. The van der Waals surface area contributed by atoms with E-state index in [0.717, 1.165) is 12.1 Å². The Balaban J connectivity index is 1.64. The van der Waals surface area contributed by atoms with E-state index in [-0.39, 0.29) is 23.4 Å². The van der Waals surface area contributed by atoms with Crippen molar-refractivity contribution in [3.05, 3.63) is 51.1 Å². The molecule has 3 atom stereocenters. The summed E-state index contributed by atoms with van der Waals surface area (Å²) in [6.45, 7) is 1.32. The number of aromatic nitrogens is 1. The van der Waals surface area contributed by atoms with Crippen molar-refractivity contribution in [2.75, 3.05) is 34.4 Å². The molecule has 2 N–H and O–H groups in total. The summed E-state index contributed by atoms with van der Waals surface area (Å²) in [5.41, 5.74) is 0.486. The van der Waals surface area contributed by atoms with Gasteiger partial charge in [-0.25, -0.2) is 5.21 Å². The van der Waals surface area contributed by atoms with Crippen LogP contribution in [0.1, 0.15) is 28.4 Å². The number of fused-ring (bicyclic) bond motifs is 4. The quantitative estimate of drug-likeness (QED) is 0.664. The van der Waals surface area contributed by atoms with Crippen molar-refractivity contribution in [2.45, 2.75) is 18.9 Å². The zero-order chi connectivity index (χ0) is 22.3. The Morgan fingerprint density at radius 1 is 1.10 bits per heavy atom. The molecule has 0 saturated carbocycles. The average Bonchev–Trinajstić information content (AvgIpc) is 2.77. The molecule has 31 heavy (non-hydrogen) atoms. The number of benzene rings is 1. The van der Waals surface area contributed by atoms with Crippen molar-refractivity contribution in [3.8, 4) is 17.2 Å². The smallest absolute Gasteiger partial charge is 0.315 e. The second-order valence-corrected chi connectivity index (χ2v) is 7.82. The van der Waals surface area contributed by atoms with Crippen LogP contribution in [0.25, 0.3) is 0 Å². The van der Waals surface area contributed by atoms with Gasteiger partial charge in [0.1, 0.15) is 0 Å².